The fourth-order valence-electron chi connectivity index (χ4n) is 3.16. The van der Waals surface area contributed by atoms with Crippen LogP contribution in [0, 0.1) is 11.6 Å². The Balaban J connectivity index is 1.95. The van der Waals surface area contributed by atoms with Crippen molar-refractivity contribution >= 4 is 5.96 Å². The van der Waals surface area contributed by atoms with Gasteiger partial charge in [0.25, 0.3) is 0 Å². The first-order valence-corrected chi connectivity index (χ1v) is 8.22. The summed E-state index contributed by atoms with van der Waals surface area (Å²) in [7, 11) is 1.72. The quantitative estimate of drug-likeness (QED) is 0.667. The minimum absolute atomic E-state index is 0.225. The third-order valence-corrected chi connectivity index (χ3v) is 4.45. The van der Waals surface area contributed by atoms with Gasteiger partial charge in [-0.25, -0.2) is 8.78 Å². The van der Waals surface area contributed by atoms with Crippen molar-refractivity contribution in [2.45, 2.75) is 32.9 Å². The van der Waals surface area contributed by atoms with Crippen LogP contribution < -0.4 is 5.32 Å². The van der Waals surface area contributed by atoms with E-state index in [1.54, 1.807) is 7.05 Å². The zero-order valence-corrected chi connectivity index (χ0v) is 14.1. The Bertz CT molecular complexity index is 543. The number of nitrogens with zero attached hydrogens (tertiary/aromatic N) is 3. The molecule has 2 rings (SSSR count). The smallest absolute Gasteiger partial charge is 0.193 e. The van der Waals surface area contributed by atoms with E-state index in [9.17, 15) is 8.78 Å². The van der Waals surface area contributed by atoms with Crippen LogP contribution >= 0.6 is 0 Å². The first kappa shape index (κ1) is 17.7. The molecule has 1 atom stereocenters. The second kappa shape index (κ2) is 8.24. The van der Waals surface area contributed by atoms with Gasteiger partial charge < -0.3 is 10.2 Å². The summed E-state index contributed by atoms with van der Waals surface area (Å²) in [6, 6.07) is 4.03. The zero-order valence-electron chi connectivity index (χ0n) is 14.1. The largest absolute Gasteiger partial charge is 0.352 e. The van der Waals surface area contributed by atoms with Crippen LogP contribution in [0.15, 0.2) is 23.2 Å². The molecule has 1 aromatic carbocycles. The third-order valence-electron chi connectivity index (χ3n) is 4.45. The summed E-state index contributed by atoms with van der Waals surface area (Å²) in [6.45, 7) is 8.48. The zero-order chi connectivity index (χ0) is 16.8. The molecule has 1 aliphatic rings. The SMILES string of the molecule is CCN(CC)C1CCN(C(=NC)NCc2cc(F)ccc2F)C1. The number of hydrogen-bond acceptors (Lipinski definition) is 2. The van der Waals surface area contributed by atoms with E-state index in [-0.39, 0.29) is 6.54 Å². The number of guanidine groups is 1. The van der Waals surface area contributed by atoms with Gasteiger partial charge in [0.2, 0.25) is 0 Å². The van der Waals surface area contributed by atoms with Gasteiger partial charge in [-0.1, -0.05) is 13.8 Å². The molecule has 6 heteroatoms. The van der Waals surface area contributed by atoms with Gasteiger partial charge >= 0.3 is 0 Å². The number of halogens is 2. The van der Waals surface area contributed by atoms with Gasteiger partial charge in [0.05, 0.1) is 0 Å². The monoisotopic (exact) mass is 324 g/mol. The van der Waals surface area contributed by atoms with Crippen LogP contribution in [0.1, 0.15) is 25.8 Å². The maximum Gasteiger partial charge on any atom is 0.193 e. The highest BCUT2D eigenvalue weighted by atomic mass is 19.1. The lowest BCUT2D eigenvalue weighted by Gasteiger charge is -2.27. The number of likely N-dealkylation sites (tertiary alicyclic amines) is 1. The number of aliphatic imine (C=N–C) groups is 1. The fourth-order valence-corrected chi connectivity index (χ4v) is 3.16. The van der Waals surface area contributed by atoms with Crippen molar-refractivity contribution in [1.82, 2.24) is 15.1 Å². The molecule has 0 saturated carbocycles. The van der Waals surface area contributed by atoms with E-state index in [2.05, 4.69) is 34.0 Å². The van der Waals surface area contributed by atoms with Crippen LogP contribution in [-0.4, -0.2) is 55.0 Å². The van der Waals surface area contributed by atoms with Gasteiger partial charge in [-0.2, -0.15) is 0 Å². The number of nitrogens with one attached hydrogen (secondary N) is 1. The van der Waals surface area contributed by atoms with Crippen LogP contribution in [-0.2, 0) is 6.54 Å². The summed E-state index contributed by atoms with van der Waals surface area (Å²) in [5.74, 6) is -0.0962. The molecule has 1 N–H and O–H groups in total. The molecule has 1 aliphatic heterocycles. The Hall–Kier alpha value is -1.69. The van der Waals surface area contributed by atoms with Gasteiger partial charge in [0, 0.05) is 38.3 Å². The van der Waals surface area contributed by atoms with E-state index in [1.165, 1.54) is 6.07 Å². The van der Waals surface area contributed by atoms with Crippen LogP contribution in [0.3, 0.4) is 0 Å². The van der Waals surface area contributed by atoms with E-state index in [0.717, 1.165) is 50.7 Å². The van der Waals surface area contributed by atoms with Crippen LogP contribution in [0.4, 0.5) is 8.78 Å². The lowest BCUT2D eigenvalue weighted by atomic mass is 10.2. The normalized spacial score (nSPS) is 18.8. The lowest BCUT2D eigenvalue weighted by molar-refractivity contribution is 0.223. The first-order chi connectivity index (χ1) is 11.1. The average Bonchev–Trinajstić information content (AvgIpc) is 3.02. The maximum atomic E-state index is 13.7. The summed E-state index contributed by atoms with van der Waals surface area (Å²) < 4.78 is 26.9. The minimum atomic E-state index is -0.430. The number of benzene rings is 1. The summed E-state index contributed by atoms with van der Waals surface area (Å²) in [6.07, 6.45) is 1.09. The predicted octanol–water partition coefficient (Wildman–Crippen LogP) is 2.46. The van der Waals surface area contributed by atoms with Gasteiger partial charge in [-0.05, 0) is 37.7 Å². The van der Waals surface area contributed by atoms with Gasteiger partial charge in [0.15, 0.2) is 5.96 Å². The molecule has 0 radical (unpaired) electrons. The Morgan fingerprint density at radius 2 is 2.09 bits per heavy atom. The molecule has 4 nitrogen and oxygen atoms in total. The summed E-state index contributed by atoms with van der Waals surface area (Å²) in [4.78, 5) is 8.90. The van der Waals surface area contributed by atoms with Gasteiger partial charge in [-0.15, -0.1) is 0 Å². The van der Waals surface area contributed by atoms with Crippen molar-refractivity contribution < 1.29 is 8.78 Å². The molecule has 0 aliphatic carbocycles. The highest BCUT2D eigenvalue weighted by molar-refractivity contribution is 5.80. The third kappa shape index (κ3) is 4.41. The summed E-state index contributed by atoms with van der Waals surface area (Å²) >= 11 is 0. The van der Waals surface area contributed by atoms with Gasteiger partial charge in [0.1, 0.15) is 11.6 Å². The lowest BCUT2D eigenvalue weighted by Crippen LogP contribution is -2.43. The van der Waals surface area contributed by atoms with Crippen LogP contribution in [0.25, 0.3) is 0 Å². The average molecular weight is 324 g/mol. The Morgan fingerprint density at radius 3 is 2.74 bits per heavy atom. The van der Waals surface area contributed by atoms with E-state index in [4.69, 9.17) is 0 Å². The molecule has 23 heavy (non-hydrogen) atoms. The minimum Gasteiger partial charge on any atom is -0.352 e. The van der Waals surface area contributed by atoms with Crippen molar-refractivity contribution in [2.75, 3.05) is 33.2 Å². The van der Waals surface area contributed by atoms with Crippen molar-refractivity contribution in [1.29, 1.82) is 0 Å². The molecule has 1 heterocycles. The Kier molecular flexibility index (Phi) is 6.33. The standard InChI is InChI=1S/C17H26F2N4/c1-4-22(5-2)15-8-9-23(12-15)17(20-3)21-11-13-10-14(18)6-7-16(13)19/h6-7,10,15H,4-5,8-9,11-12H2,1-3H3,(H,20,21). The molecule has 1 saturated heterocycles. The first-order valence-electron chi connectivity index (χ1n) is 8.22. The van der Waals surface area contributed by atoms with E-state index < -0.39 is 11.6 Å². The molecule has 0 amide bonds. The molecular weight excluding hydrogens is 298 g/mol. The number of likely N-dealkylation sites (N-methyl/N-ethyl adjacent to an activating group) is 1. The highest BCUT2D eigenvalue weighted by Gasteiger charge is 2.27. The molecule has 0 aromatic heterocycles. The maximum absolute atomic E-state index is 13.7. The van der Waals surface area contributed by atoms with E-state index >= 15 is 0 Å². The molecule has 128 valence electrons. The van der Waals surface area contributed by atoms with E-state index in [0.29, 0.717) is 11.6 Å². The molecular formula is C17H26F2N4. The number of hydrogen-bond donors (Lipinski definition) is 1. The molecule has 0 bridgehead atoms. The summed E-state index contributed by atoms with van der Waals surface area (Å²) in [5, 5.41) is 3.14. The topological polar surface area (TPSA) is 30.9 Å². The molecule has 1 aromatic rings. The second-order valence-electron chi connectivity index (χ2n) is 5.75. The van der Waals surface area contributed by atoms with Gasteiger partial charge in [-0.3, -0.25) is 9.89 Å². The molecule has 1 fully saturated rings. The molecule has 0 spiro atoms. The Morgan fingerprint density at radius 1 is 1.35 bits per heavy atom. The highest BCUT2D eigenvalue weighted by Crippen LogP contribution is 2.16. The van der Waals surface area contributed by atoms with Crippen molar-refractivity contribution in [3.05, 3.63) is 35.4 Å². The van der Waals surface area contributed by atoms with Crippen molar-refractivity contribution in [2.24, 2.45) is 4.99 Å². The fraction of sp³-hybridized carbons (Fsp3) is 0.588. The Labute approximate surface area is 137 Å². The van der Waals surface area contributed by atoms with Crippen LogP contribution in [0.2, 0.25) is 0 Å². The predicted molar refractivity (Wildman–Crippen MR) is 89.5 cm³/mol. The van der Waals surface area contributed by atoms with E-state index in [1.807, 2.05) is 0 Å². The summed E-state index contributed by atoms with van der Waals surface area (Å²) in [5.41, 5.74) is 0.311. The van der Waals surface area contributed by atoms with Crippen molar-refractivity contribution in [3.63, 3.8) is 0 Å². The number of rotatable bonds is 5. The van der Waals surface area contributed by atoms with Crippen molar-refractivity contribution in [3.8, 4) is 0 Å². The van der Waals surface area contributed by atoms with Crippen LogP contribution in [0.5, 0.6) is 0 Å². The second-order valence-corrected chi connectivity index (χ2v) is 5.75. The molecule has 1 unspecified atom stereocenters.